The molecule has 1 fully saturated rings. The number of piperazine rings is 1. The van der Waals surface area contributed by atoms with Crippen molar-refractivity contribution in [2.75, 3.05) is 44.6 Å². The summed E-state index contributed by atoms with van der Waals surface area (Å²) in [4.78, 5) is 19.3. The molecule has 0 radical (unpaired) electrons. The molecule has 0 aliphatic carbocycles. The number of halogens is 1. The number of nitriles is 1. The second kappa shape index (κ2) is 13.1. The first-order chi connectivity index (χ1) is 21.0. The average Bonchev–Trinajstić information content (AvgIpc) is 3.43. The molecule has 43 heavy (non-hydrogen) atoms. The van der Waals surface area contributed by atoms with Crippen LogP contribution < -0.4 is 5.32 Å². The van der Waals surface area contributed by atoms with Crippen LogP contribution in [-0.2, 0) is 13.6 Å². The Balaban J connectivity index is 1.19. The minimum absolute atomic E-state index is 0.211. The first-order valence-corrected chi connectivity index (χ1v) is 15.3. The molecular weight excluding hydrogens is 580 g/mol. The number of aromatic nitrogens is 4. The number of aliphatic hydroxyl groups is 1. The van der Waals surface area contributed by atoms with Crippen molar-refractivity contribution >= 4 is 45.6 Å². The summed E-state index contributed by atoms with van der Waals surface area (Å²) in [5.41, 5.74) is 5.66. The number of nitrogens with zero attached hydrogens (tertiary/aromatic N) is 7. The van der Waals surface area contributed by atoms with Gasteiger partial charge >= 0.3 is 0 Å². The molecule has 0 spiro atoms. The molecule has 0 atom stereocenters. The van der Waals surface area contributed by atoms with Crippen LogP contribution in [0.1, 0.15) is 11.1 Å². The van der Waals surface area contributed by atoms with E-state index < -0.39 is 0 Å². The van der Waals surface area contributed by atoms with E-state index in [-0.39, 0.29) is 6.61 Å². The van der Waals surface area contributed by atoms with Gasteiger partial charge in [0.25, 0.3) is 0 Å². The lowest BCUT2D eigenvalue weighted by Gasteiger charge is -2.34. The molecule has 1 aliphatic heterocycles. The number of fused-ring (bicyclic) bond motifs is 1. The molecule has 2 N–H and O–H groups in total. The lowest BCUT2D eigenvalue weighted by molar-refractivity contribution is 0.108. The summed E-state index contributed by atoms with van der Waals surface area (Å²) in [6.07, 6.45) is 7.19. The third-order valence-corrected chi connectivity index (χ3v) is 9.15. The number of pyridine rings is 2. The Morgan fingerprint density at radius 2 is 1.84 bits per heavy atom. The quantitative estimate of drug-likeness (QED) is 0.222. The Morgan fingerprint density at radius 1 is 1.00 bits per heavy atom. The number of hydrogen-bond acceptors (Lipinski definition) is 9. The number of aliphatic hydroxyl groups excluding tert-OH is 1. The number of benzene rings is 2. The molecule has 11 heteroatoms. The molecule has 5 aromatic rings. The fourth-order valence-electron chi connectivity index (χ4n) is 5.19. The highest BCUT2D eigenvalue weighted by Crippen LogP contribution is 2.36. The van der Waals surface area contributed by atoms with Crippen molar-refractivity contribution in [1.82, 2.24) is 29.3 Å². The largest absolute Gasteiger partial charge is 0.395 e. The fraction of sp³-hybridized carbons (Fsp3) is 0.250. The number of hydrogen-bond donors (Lipinski definition) is 2. The molecule has 2 aromatic carbocycles. The first kappa shape index (κ1) is 29.1. The zero-order chi connectivity index (χ0) is 29.8. The van der Waals surface area contributed by atoms with Gasteiger partial charge in [0.2, 0.25) is 0 Å². The normalized spacial score (nSPS) is 14.2. The smallest absolute Gasteiger partial charge is 0.172 e. The summed E-state index contributed by atoms with van der Waals surface area (Å²) in [6.45, 7) is 5.74. The number of nitrogens with one attached hydrogen (secondary N) is 1. The Labute approximate surface area is 259 Å². The molecule has 1 saturated heterocycles. The molecule has 0 bridgehead atoms. The van der Waals surface area contributed by atoms with Crippen molar-refractivity contribution in [3.8, 4) is 17.3 Å². The maximum atomic E-state index is 9.84. The Morgan fingerprint density at radius 3 is 2.53 bits per heavy atom. The van der Waals surface area contributed by atoms with Gasteiger partial charge in [0, 0.05) is 92.6 Å². The molecular formula is C32H31ClN8OS. The minimum atomic E-state index is 0.211. The molecule has 6 rings (SSSR count). The van der Waals surface area contributed by atoms with Gasteiger partial charge in [0.15, 0.2) is 5.16 Å². The summed E-state index contributed by atoms with van der Waals surface area (Å²) in [6, 6.07) is 18.2. The van der Waals surface area contributed by atoms with Gasteiger partial charge in [0.05, 0.1) is 34.1 Å². The average molecular weight is 611 g/mol. The standard InChI is InChI=1S/C32H31ClN8OS/c1-39-9-8-35-32(39)43-30-7-4-25(17-27(30)33)38-31-24(18-34)20-37-29-16-23(3-5-26(29)31)28-6-2-22(19-36-28)21-41-12-10-40(11-13-41)14-15-42/h2-9,16-17,19-20,42H,10-15,21H2,1H3,(H,37,38). The van der Waals surface area contributed by atoms with Crippen LogP contribution in [0.4, 0.5) is 11.4 Å². The fourth-order valence-corrected chi connectivity index (χ4v) is 6.29. The van der Waals surface area contributed by atoms with Gasteiger partial charge in [-0.15, -0.1) is 0 Å². The summed E-state index contributed by atoms with van der Waals surface area (Å²) in [5.74, 6) is 0. The zero-order valence-electron chi connectivity index (χ0n) is 23.7. The summed E-state index contributed by atoms with van der Waals surface area (Å²) in [5, 5.41) is 24.7. The highest BCUT2D eigenvalue weighted by atomic mass is 35.5. The molecule has 4 heterocycles. The Bertz CT molecular complexity index is 1780. The van der Waals surface area contributed by atoms with E-state index in [0.29, 0.717) is 16.3 Å². The van der Waals surface area contributed by atoms with E-state index >= 15 is 0 Å². The first-order valence-electron chi connectivity index (χ1n) is 14.1. The van der Waals surface area contributed by atoms with E-state index in [1.54, 1.807) is 12.4 Å². The number of rotatable bonds is 9. The van der Waals surface area contributed by atoms with E-state index in [1.165, 1.54) is 17.3 Å². The van der Waals surface area contributed by atoms with Gasteiger partial charge in [-0.05, 0) is 42.0 Å². The topological polar surface area (TPSA) is 106 Å². The SMILES string of the molecule is Cn1ccnc1Sc1ccc(Nc2c(C#N)cnc3cc(-c4ccc(CN5CCN(CCO)CC5)cn4)ccc23)cc1Cl. The van der Waals surface area contributed by atoms with Crippen LogP contribution in [0.25, 0.3) is 22.2 Å². The summed E-state index contributed by atoms with van der Waals surface area (Å²) in [7, 11) is 1.94. The van der Waals surface area contributed by atoms with E-state index in [9.17, 15) is 5.26 Å². The van der Waals surface area contributed by atoms with Crippen LogP contribution in [-0.4, -0.2) is 73.8 Å². The number of anilines is 2. The van der Waals surface area contributed by atoms with Gasteiger partial charge in [-0.1, -0.05) is 35.5 Å². The van der Waals surface area contributed by atoms with Crippen LogP contribution in [0.15, 0.2) is 83.4 Å². The lowest BCUT2D eigenvalue weighted by atomic mass is 10.0. The third-order valence-electron chi connectivity index (χ3n) is 7.58. The van der Waals surface area contributed by atoms with E-state index in [2.05, 4.69) is 37.2 Å². The maximum absolute atomic E-state index is 9.84. The molecule has 0 unspecified atom stereocenters. The predicted octanol–water partition coefficient (Wildman–Crippen LogP) is 5.56. The number of aryl methyl sites for hydroxylation is 1. The van der Waals surface area contributed by atoms with Gasteiger partial charge in [-0.3, -0.25) is 19.8 Å². The van der Waals surface area contributed by atoms with Crippen LogP contribution in [0.2, 0.25) is 5.02 Å². The Kier molecular flexibility index (Phi) is 8.88. The molecule has 0 amide bonds. The second-order valence-corrected chi connectivity index (χ2v) is 11.9. The summed E-state index contributed by atoms with van der Waals surface area (Å²) >= 11 is 8.13. The maximum Gasteiger partial charge on any atom is 0.172 e. The van der Waals surface area contributed by atoms with E-state index in [0.717, 1.165) is 77.2 Å². The van der Waals surface area contributed by atoms with E-state index in [4.69, 9.17) is 21.7 Å². The van der Waals surface area contributed by atoms with Gasteiger partial charge in [0.1, 0.15) is 6.07 Å². The lowest BCUT2D eigenvalue weighted by Crippen LogP contribution is -2.46. The van der Waals surface area contributed by atoms with Crippen molar-refractivity contribution in [1.29, 1.82) is 5.26 Å². The zero-order valence-corrected chi connectivity index (χ0v) is 25.3. The molecule has 0 saturated carbocycles. The van der Waals surface area contributed by atoms with Crippen molar-refractivity contribution in [2.24, 2.45) is 7.05 Å². The van der Waals surface area contributed by atoms with Gasteiger partial charge in [-0.2, -0.15) is 5.26 Å². The molecule has 218 valence electrons. The van der Waals surface area contributed by atoms with Crippen LogP contribution in [0.5, 0.6) is 0 Å². The third kappa shape index (κ3) is 6.67. The number of β-amino-alcohol motifs (C(OH)–C–C–N with tert-alkyl or cyclic N) is 1. The second-order valence-electron chi connectivity index (χ2n) is 10.5. The van der Waals surface area contributed by atoms with Gasteiger partial charge in [-0.25, -0.2) is 4.98 Å². The van der Waals surface area contributed by atoms with Crippen LogP contribution >= 0.6 is 23.4 Å². The van der Waals surface area contributed by atoms with Crippen LogP contribution in [0.3, 0.4) is 0 Å². The highest BCUT2D eigenvalue weighted by molar-refractivity contribution is 7.99. The van der Waals surface area contributed by atoms with Crippen LogP contribution in [0, 0.1) is 11.3 Å². The predicted molar refractivity (Wildman–Crippen MR) is 171 cm³/mol. The van der Waals surface area contributed by atoms with Crippen molar-refractivity contribution in [3.63, 3.8) is 0 Å². The van der Waals surface area contributed by atoms with Crippen molar-refractivity contribution in [2.45, 2.75) is 16.6 Å². The monoisotopic (exact) mass is 610 g/mol. The van der Waals surface area contributed by atoms with Gasteiger partial charge < -0.3 is 15.0 Å². The van der Waals surface area contributed by atoms with E-state index in [1.807, 2.05) is 66.5 Å². The molecule has 3 aromatic heterocycles. The number of imidazole rings is 1. The molecule has 1 aliphatic rings. The highest BCUT2D eigenvalue weighted by Gasteiger charge is 2.17. The Hall–Kier alpha value is -3.98. The van der Waals surface area contributed by atoms with Crippen molar-refractivity contribution < 1.29 is 5.11 Å². The molecule has 9 nitrogen and oxygen atoms in total. The minimum Gasteiger partial charge on any atom is -0.395 e. The van der Waals surface area contributed by atoms with Crippen molar-refractivity contribution in [3.05, 3.63) is 89.5 Å². The summed E-state index contributed by atoms with van der Waals surface area (Å²) < 4.78 is 1.94.